The highest BCUT2D eigenvalue weighted by molar-refractivity contribution is 5.76. The van der Waals surface area contributed by atoms with E-state index in [-0.39, 0.29) is 11.9 Å². The summed E-state index contributed by atoms with van der Waals surface area (Å²) in [4.78, 5) is 19.0. The molecule has 0 bridgehead atoms. The first-order chi connectivity index (χ1) is 12.1. The van der Waals surface area contributed by atoms with Gasteiger partial charge in [0.05, 0.1) is 7.11 Å². The highest BCUT2D eigenvalue weighted by Gasteiger charge is 2.22. The largest absolute Gasteiger partial charge is 0.479 e. The van der Waals surface area contributed by atoms with Crippen molar-refractivity contribution in [2.24, 2.45) is 0 Å². The van der Waals surface area contributed by atoms with Crippen LogP contribution in [0.5, 0.6) is 5.88 Å². The Morgan fingerprint density at radius 3 is 3.12 bits per heavy atom. The molecule has 1 aliphatic rings. The predicted molar refractivity (Wildman–Crippen MR) is 93.7 cm³/mol. The van der Waals surface area contributed by atoms with Gasteiger partial charge >= 0.3 is 0 Å². The number of rotatable bonds is 6. The SMILES string of the molecule is COc1cc(CCC(=O)N[C@@H]2CCCN(c3cccc(C)n3)C2)on1. The molecule has 1 atom stereocenters. The molecule has 0 saturated carbocycles. The number of carbonyl (C=O) groups is 1. The number of ether oxygens (including phenoxy) is 1. The van der Waals surface area contributed by atoms with E-state index in [4.69, 9.17) is 9.26 Å². The van der Waals surface area contributed by atoms with Crippen LogP contribution in [0.2, 0.25) is 0 Å². The van der Waals surface area contributed by atoms with Gasteiger partial charge in [-0.05, 0) is 37.1 Å². The van der Waals surface area contributed by atoms with E-state index in [1.54, 1.807) is 6.07 Å². The average Bonchev–Trinajstić information content (AvgIpc) is 3.08. The number of hydrogen-bond donors (Lipinski definition) is 1. The summed E-state index contributed by atoms with van der Waals surface area (Å²) in [6, 6.07) is 7.89. The fraction of sp³-hybridized carbons (Fsp3) is 0.500. The minimum atomic E-state index is 0.0272. The van der Waals surface area contributed by atoms with Crippen molar-refractivity contribution in [1.82, 2.24) is 15.5 Å². The first-order valence-corrected chi connectivity index (χ1v) is 8.61. The molecule has 3 rings (SSSR count). The molecule has 3 heterocycles. The fourth-order valence-corrected chi connectivity index (χ4v) is 3.05. The van der Waals surface area contributed by atoms with Gasteiger partial charge in [-0.1, -0.05) is 6.07 Å². The van der Waals surface area contributed by atoms with Crippen LogP contribution in [-0.4, -0.2) is 42.3 Å². The lowest BCUT2D eigenvalue weighted by molar-refractivity contribution is -0.121. The Morgan fingerprint density at radius 1 is 1.48 bits per heavy atom. The third-order valence-electron chi connectivity index (χ3n) is 4.33. The maximum atomic E-state index is 12.2. The summed E-state index contributed by atoms with van der Waals surface area (Å²) in [6.45, 7) is 3.75. The molecule has 7 nitrogen and oxygen atoms in total. The molecule has 1 amide bonds. The molecule has 0 spiro atoms. The zero-order valence-corrected chi connectivity index (χ0v) is 14.7. The van der Waals surface area contributed by atoms with Crippen LogP contribution < -0.4 is 15.0 Å². The van der Waals surface area contributed by atoms with E-state index in [9.17, 15) is 4.79 Å². The molecule has 25 heavy (non-hydrogen) atoms. The number of aryl methyl sites for hydroxylation is 2. The van der Waals surface area contributed by atoms with Crippen molar-refractivity contribution in [2.75, 3.05) is 25.1 Å². The predicted octanol–water partition coefficient (Wildman–Crippen LogP) is 2.10. The Morgan fingerprint density at radius 2 is 2.36 bits per heavy atom. The zero-order valence-electron chi connectivity index (χ0n) is 14.7. The van der Waals surface area contributed by atoms with Crippen molar-refractivity contribution >= 4 is 11.7 Å². The number of carbonyl (C=O) groups excluding carboxylic acids is 1. The van der Waals surface area contributed by atoms with Crippen molar-refractivity contribution in [3.8, 4) is 5.88 Å². The molecule has 1 saturated heterocycles. The number of pyridine rings is 1. The zero-order chi connectivity index (χ0) is 17.6. The maximum Gasteiger partial charge on any atom is 0.254 e. The second-order valence-corrected chi connectivity index (χ2v) is 6.33. The monoisotopic (exact) mass is 344 g/mol. The van der Waals surface area contributed by atoms with Crippen molar-refractivity contribution in [2.45, 2.75) is 38.6 Å². The van der Waals surface area contributed by atoms with Gasteiger partial charge in [-0.3, -0.25) is 4.79 Å². The average molecular weight is 344 g/mol. The lowest BCUT2D eigenvalue weighted by atomic mass is 10.1. The summed E-state index contributed by atoms with van der Waals surface area (Å²) in [5, 5.41) is 6.86. The summed E-state index contributed by atoms with van der Waals surface area (Å²) >= 11 is 0. The molecule has 1 N–H and O–H groups in total. The summed E-state index contributed by atoms with van der Waals surface area (Å²) < 4.78 is 10.1. The van der Waals surface area contributed by atoms with E-state index >= 15 is 0 Å². The lowest BCUT2D eigenvalue weighted by Gasteiger charge is -2.34. The fourth-order valence-electron chi connectivity index (χ4n) is 3.05. The number of hydrogen-bond acceptors (Lipinski definition) is 6. The van der Waals surface area contributed by atoms with Gasteiger partial charge in [-0.2, -0.15) is 0 Å². The smallest absolute Gasteiger partial charge is 0.254 e. The Kier molecular flexibility index (Phi) is 5.53. The number of methoxy groups -OCH3 is 1. The van der Waals surface area contributed by atoms with E-state index < -0.39 is 0 Å². The molecule has 0 aromatic carbocycles. The van der Waals surface area contributed by atoms with Gasteiger partial charge in [0.25, 0.3) is 5.88 Å². The van der Waals surface area contributed by atoms with Gasteiger partial charge in [0.15, 0.2) is 0 Å². The van der Waals surface area contributed by atoms with E-state index in [0.717, 1.165) is 37.4 Å². The minimum Gasteiger partial charge on any atom is -0.479 e. The standard InChI is InChI=1S/C18H24N4O3/c1-13-5-3-7-16(19-13)22-10-4-6-14(12-22)20-17(23)9-8-15-11-18(24-2)21-25-15/h3,5,7,11,14H,4,6,8-10,12H2,1-2H3,(H,20,23)/t14-/m1/s1. The number of nitrogens with one attached hydrogen (secondary N) is 1. The molecule has 134 valence electrons. The summed E-state index contributed by atoms with van der Waals surface area (Å²) in [6.07, 6.45) is 2.92. The van der Waals surface area contributed by atoms with Gasteiger partial charge in [0.1, 0.15) is 11.6 Å². The normalized spacial score (nSPS) is 17.4. The van der Waals surface area contributed by atoms with Crippen LogP contribution in [0.4, 0.5) is 5.82 Å². The molecular formula is C18H24N4O3. The van der Waals surface area contributed by atoms with Crippen molar-refractivity contribution in [1.29, 1.82) is 0 Å². The Hall–Kier alpha value is -2.57. The number of anilines is 1. The molecule has 1 aliphatic heterocycles. The van der Waals surface area contributed by atoms with Crippen LogP contribution in [0, 0.1) is 6.92 Å². The number of nitrogens with zero attached hydrogens (tertiary/aromatic N) is 3. The highest BCUT2D eigenvalue weighted by atomic mass is 16.5. The number of amides is 1. The van der Waals surface area contributed by atoms with Crippen LogP contribution >= 0.6 is 0 Å². The third kappa shape index (κ3) is 4.71. The molecule has 0 aliphatic carbocycles. The van der Waals surface area contributed by atoms with Crippen molar-refractivity contribution in [3.63, 3.8) is 0 Å². The summed E-state index contributed by atoms with van der Waals surface area (Å²) in [5.41, 5.74) is 1.01. The van der Waals surface area contributed by atoms with E-state index in [0.29, 0.717) is 24.5 Å². The third-order valence-corrected chi connectivity index (χ3v) is 4.33. The molecule has 7 heteroatoms. The molecular weight excluding hydrogens is 320 g/mol. The Bertz CT molecular complexity index is 716. The summed E-state index contributed by atoms with van der Waals surface area (Å²) in [5.74, 6) is 2.09. The van der Waals surface area contributed by atoms with Gasteiger partial charge in [0, 0.05) is 43.7 Å². The minimum absolute atomic E-state index is 0.0272. The number of aromatic nitrogens is 2. The number of piperidine rings is 1. The molecule has 2 aromatic rings. The van der Waals surface area contributed by atoms with Gasteiger partial charge in [0.2, 0.25) is 5.91 Å². The van der Waals surface area contributed by atoms with Crippen LogP contribution in [0.3, 0.4) is 0 Å². The first kappa shape index (κ1) is 17.3. The molecule has 0 unspecified atom stereocenters. The topological polar surface area (TPSA) is 80.5 Å². The highest BCUT2D eigenvalue weighted by Crippen LogP contribution is 2.18. The molecule has 2 aromatic heterocycles. The second-order valence-electron chi connectivity index (χ2n) is 6.33. The quantitative estimate of drug-likeness (QED) is 0.864. The van der Waals surface area contributed by atoms with Gasteiger partial charge in [-0.25, -0.2) is 4.98 Å². The van der Waals surface area contributed by atoms with Crippen LogP contribution in [0.1, 0.15) is 30.7 Å². The first-order valence-electron chi connectivity index (χ1n) is 8.61. The Labute approximate surface area is 147 Å². The van der Waals surface area contributed by atoms with Crippen molar-refractivity contribution in [3.05, 3.63) is 35.7 Å². The van der Waals surface area contributed by atoms with Crippen LogP contribution in [0.15, 0.2) is 28.8 Å². The van der Waals surface area contributed by atoms with Crippen LogP contribution in [0.25, 0.3) is 0 Å². The Balaban J connectivity index is 1.49. The lowest BCUT2D eigenvalue weighted by Crippen LogP contribution is -2.48. The van der Waals surface area contributed by atoms with E-state index in [1.807, 2.05) is 25.1 Å². The van der Waals surface area contributed by atoms with E-state index in [2.05, 4.69) is 20.4 Å². The second kappa shape index (κ2) is 8.00. The molecule has 0 radical (unpaired) electrons. The van der Waals surface area contributed by atoms with Crippen molar-refractivity contribution < 1.29 is 14.1 Å². The van der Waals surface area contributed by atoms with Gasteiger partial charge in [-0.15, -0.1) is 0 Å². The summed E-state index contributed by atoms with van der Waals surface area (Å²) in [7, 11) is 1.53. The van der Waals surface area contributed by atoms with E-state index in [1.165, 1.54) is 7.11 Å². The maximum absolute atomic E-state index is 12.2. The molecule has 1 fully saturated rings. The van der Waals surface area contributed by atoms with Crippen LogP contribution in [-0.2, 0) is 11.2 Å². The van der Waals surface area contributed by atoms with Gasteiger partial charge < -0.3 is 19.5 Å².